The van der Waals surface area contributed by atoms with E-state index in [-0.39, 0.29) is 12.5 Å². The number of hydrogen-bond donors (Lipinski definition) is 2. The Balaban J connectivity index is 1.72. The molecular formula is C17H20ClN3O5. The Morgan fingerprint density at radius 1 is 1.23 bits per heavy atom. The molecule has 8 nitrogen and oxygen atoms in total. The summed E-state index contributed by atoms with van der Waals surface area (Å²) in [7, 11) is 2.91. The molecule has 1 aromatic rings. The predicted molar refractivity (Wildman–Crippen MR) is 94.6 cm³/mol. The van der Waals surface area contributed by atoms with Crippen molar-refractivity contribution in [3.05, 3.63) is 17.2 Å². The molecular weight excluding hydrogens is 362 g/mol. The molecule has 1 aromatic carbocycles. The van der Waals surface area contributed by atoms with E-state index in [2.05, 4.69) is 10.6 Å². The van der Waals surface area contributed by atoms with Crippen LogP contribution in [0.2, 0.25) is 5.02 Å². The van der Waals surface area contributed by atoms with Crippen LogP contribution >= 0.6 is 11.6 Å². The van der Waals surface area contributed by atoms with Gasteiger partial charge >= 0.3 is 6.03 Å². The molecule has 2 fully saturated rings. The number of nitrogens with zero attached hydrogens (tertiary/aromatic N) is 1. The van der Waals surface area contributed by atoms with Crippen LogP contribution in [-0.2, 0) is 9.59 Å². The second kappa shape index (κ2) is 7.03. The Hall–Kier alpha value is -2.48. The molecule has 4 amide bonds. The van der Waals surface area contributed by atoms with Gasteiger partial charge in [-0.15, -0.1) is 0 Å². The maximum Gasteiger partial charge on any atom is 0.325 e. The molecule has 2 aliphatic rings. The molecule has 1 spiro atoms. The molecule has 3 rings (SSSR count). The van der Waals surface area contributed by atoms with E-state index < -0.39 is 17.5 Å². The first-order valence-corrected chi connectivity index (χ1v) is 8.63. The number of ether oxygens (including phenoxy) is 2. The van der Waals surface area contributed by atoms with Gasteiger partial charge in [0.25, 0.3) is 5.91 Å². The van der Waals surface area contributed by atoms with Crippen LogP contribution in [-0.4, -0.2) is 49.0 Å². The number of hydrogen-bond acceptors (Lipinski definition) is 5. The fourth-order valence-corrected chi connectivity index (χ4v) is 3.67. The largest absolute Gasteiger partial charge is 0.495 e. The van der Waals surface area contributed by atoms with Crippen LogP contribution in [0, 0.1) is 0 Å². The van der Waals surface area contributed by atoms with Gasteiger partial charge in [0.2, 0.25) is 5.91 Å². The highest BCUT2D eigenvalue weighted by Gasteiger charge is 2.52. The van der Waals surface area contributed by atoms with Crippen LogP contribution in [0.5, 0.6) is 11.5 Å². The number of amides is 4. The van der Waals surface area contributed by atoms with Gasteiger partial charge in [0.1, 0.15) is 23.6 Å². The summed E-state index contributed by atoms with van der Waals surface area (Å²) in [6.07, 6.45) is 2.98. The molecule has 1 saturated heterocycles. The number of methoxy groups -OCH3 is 2. The highest BCUT2D eigenvalue weighted by atomic mass is 35.5. The van der Waals surface area contributed by atoms with E-state index in [1.807, 2.05) is 0 Å². The van der Waals surface area contributed by atoms with Gasteiger partial charge in [0, 0.05) is 6.07 Å². The summed E-state index contributed by atoms with van der Waals surface area (Å²) < 4.78 is 10.3. The van der Waals surface area contributed by atoms with Crippen molar-refractivity contribution < 1.29 is 23.9 Å². The predicted octanol–water partition coefficient (Wildman–Crippen LogP) is 2.16. The average molecular weight is 382 g/mol. The van der Waals surface area contributed by atoms with E-state index in [9.17, 15) is 14.4 Å². The third kappa shape index (κ3) is 3.16. The first-order valence-electron chi connectivity index (χ1n) is 8.25. The molecule has 1 aliphatic carbocycles. The summed E-state index contributed by atoms with van der Waals surface area (Å²) in [6.45, 7) is -0.376. The van der Waals surface area contributed by atoms with Crippen LogP contribution in [0.1, 0.15) is 25.7 Å². The minimum Gasteiger partial charge on any atom is -0.495 e. The molecule has 0 bridgehead atoms. The normalized spacial score (nSPS) is 18.2. The van der Waals surface area contributed by atoms with E-state index >= 15 is 0 Å². The quantitative estimate of drug-likeness (QED) is 0.762. The number of carbonyl (C=O) groups excluding carboxylic acids is 3. The lowest BCUT2D eigenvalue weighted by Gasteiger charge is -2.20. The summed E-state index contributed by atoms with van der Waals surface area (Å²) in [5, 5.41) is 5.66. The molecule has 0 atom stereocenters. The highest BCUT2D eigenvalue weighted by molar-refractivity contribution is 6.32. The zero-order valence-corrected chi connectivity index (χ0v) is 15.3. The molecule has 2 N–H and O–H groups in total. The van der Waals surface area contributed by atoms with Gasteiger partial charge in [-0.2, -0.15) is 0 Å². The van der Waals surface area contributed by atoms with Gasteiger partial charge in [-0.3, -0.25) is 14.5 Å². The molecule has 1 saturated carbocycles. The zero-order valence-electron chi connectivity index (χ0n) is 14.6. The minimum atomic E-state index is -0.835. The van der Waals surface area contributed by atoms with Crippen molar-refractivity contribution in [1.82, 2.24) is 10.2 Å². The molecule has 0 radical (unpaired) electrons. The van der Waals surface area contributed by atoms with E-state index in [1.54, 1.807) is 6.07 Å². The Labute approximate surface area is 155 Å². The minimum absolute atomic E-state index is 0.295. The molecule has 0 unspecified atom stereocenters. The third-order valence-corrected chi connectivity index (χ3v) is 5.05. The molecule has 26 heavy (non-hydrogen) atoms. The lowest BCUT2D eigenvalue weighted by Crippen LogP contribution is -2.44. The second-order valence-corrected chi connectivity index (χ2v) is 6.75. The number of nitrogens with one attached hydrogen (secondary N) is 2. The van der Waals surface area contributed by atoms with E-state index in [0.29, 0.717) is 35.1 Å². The Morgan fingerprint density at radius 2 is 1.88 bits per heavy atom. The number of anilines is 1. The Morgan fingerprint density at radius 3 is 2.50 bits per heavy atom. The van der Waals surface area contributed by atoms with Crippen molar-refractivity contribution in [1.29, 1.82) is 0 Å². The van der Waals surface area contributed by atoms with Gasteiger partial charge < -0.3 is 20.1 Å². The topological polar surface area (TPSA) is 97.0 Å². The maximum absolute atomic E-state index is 12.6. The summed E-state index contributed by atoms with van der Waals surface area (Å²) in [4.78, 5) is 38.1. The standard InChI is InChI=1S/C17H20ClN3O5/c1-25-12-8-13(26-2)11(7-10(12)18)19-14(22)9-21-15(23)17(20-16(21)24)5-3-4-6-17/h7-8H,3-6,9H2,1-2H3,(H,19,22)(H,20,24). The first-order chi connectivity index (χ1) is 12.4. The van der Waals surface area contributed by atoms with Gasteiger partial charge in [-0.25, -0.2) is 4.79 Å². The zero-order chi connectivity index (χ0) is 18.9. The molecule has 140 valence electrons. The Kier molecular flexibility index (Phi) is 4.95. The number of imide groups is 1. The fraction of sp³-hybridized carbons (Fsp3) is 0.471. The van der Waals surface area contributed by atoms with Crippen LogP contribution in [0.4, 0.5) is 10.5 Å². The Bertz CT molecular complexity index is 761. The SMILES string of the molecule is COc1cc(OC)c(NC(=O)CN2C(=O)NC3(CCCC3)C2=O)cc1Cl. The lowest BCUT2D eigenvalue weighted by molar-refractivity contribution is -0.133. The summed E-state index contributed by atoms with van der Waals surface area (Å²) >= 11 is 6.08. The third-order valence-electron chi connectivity index (χ3n) is 4.75. The van der Waals surface area contributed by atoms with Crippen molar-refractivity contribution in [2.45, 2.75) is 31.2 Å². The van der Waals surface area contributed by atoms with Gasteiger partial charge in [-0.05, 0) is 18.9 Å². The van der Waals surface area contributed by atoms with Gasteiger partial charge in [0.05, 0.1) is 24.9 Å². The van der Waals surface area contributed by atoms with Crippen molar-refractivity contribution >= 4 is 35.1 Å². The van der Waals surface area contributed by atoms with E-state index in [4.69, 9.17) is 21.1 Å². The average Bonchev–Trinajstić information content (AvgIpc) is 3.16. The molecule has 1 heterocycles. The fourth-order valence-electron chi connectivity index (χ4n) is 3.43. The van der Waals surface area contributed by atoms with Crippen LogP contribution in [0.25, 0.3) is 0 Å². The van der Waals surface area contributed by atoms with Crippen molar-refractivity contribution in [3.63, 3.8) is 0 Å². The number of benzene rings is 1. The number of carbonyl (C=O) groups is 3. The van der Waals surface area contributed by atoms with Crippen LogP contribution in [0.3, 0.4) is 0 Å². The van der Waals surface area contributed by atoms with Crippen molar-refractivity contribution in [3.8, 4) is 11.5 Å². The van der Waals surface area contributed by atoms with Crippen molar-refractivity contribution in [2.75, 3.05) is 26.1 Å². The molecule has 0 aromatic heterocycles. The molecule has 1 aliphatic heterocycles. The number of rotatable bonds is 5. The van der Waals surface area contributed by atoms with E-state index in [1.165, 1.54) is 20.3 Å². The monoisotopic (exact) mass is 381 g/mol. The van der Waals surface area contributed by atoms with Crippen LogP contribution in [0.15, 0.2) is 12.1 Å². The van der Waals surface area contributed by atoms with E-state index in [0.717, 1.165) is 17.7 Å². The van der Waals surface area contributed by atoms with Gasteiger partial charge in [-0.1, -0.05) is 24.4 Å². The van der Waals surface area contributed by atoms with Crippen LogP contribution < -0.4 is 20.1 Å². The summed E-state index contributed by atoms with van der Waals surface area (Å²) in [5.41, 5.74) is -0.510. The maximum atomic E-state index is 12.6. The lowest BCUT2D eigenvalue weighted by atomic mass is 9.98. The highest BCUT2D eigenvalue weighted by Crippen LogP contribution is 2.37. The first kappa shape index (κ1) is 18.3. The summed E-state index contributed by atoms with van der Waals surface area (Å²) in [5.74, 6) is -0.110. The number of halogens is 1. The van der Waals surface area contributed by atoms with Gasteiger partial charge in [0.15, 0.2) is 0 Å². The molecule has 9 heteroatoms. The summed E-state index contributed by atoms with van der Waals surface area (Å²) in [6, 6.07) is 2.49. The smallest absolute Gasteiger partial charge is 0.325 e. The second-order valence-electron chi connectivity index (χ2n) is 6.35. The van der Waals surface area contributed by atoms with Crippen molar-refractivity contribution in [2.24, 2.45) is 0 Å². The number of urea groups is 1.